The van der Waals surface area contributed by atoms with Crippen LogP contribution in [0.1, 0.15) is 5.56 Å². The predicted octanol–water partition coefficient (Wildman–Crippen LogP) is 2.51. The zero-order chi connectivity index (χ0) is 18.4. The zero-order valence-electron chi connectivity index (χ0n) is 15.8. The van der Waals surface area contributed by atoms with Crippen LogP contribution < -0.4 is 10.2 Å². The van der Waals surface area contributed by atoms with E-state index in [1.165, 1.54) is 5.56 Å². The Bertz CT molecular complexity index is 1120. The maximum atomic E-state index is 5.09. The van der Waals surface area contributed by atoms with Crippen molar-refractivity contribution >= 4 is 33.5 Å². The Morgan fingerprint density at radius 3 is 2.59 bits per heavy atom. The summed E-state index contributed by atoms with van der Waals surface area (Å²) >= 11 is 0. The van der Waals surface area contributed by atoms with Crippen molar-refractivity contribution in [1.29, 1.82) is 0 Å². The van der Waals surface area contributed by atoms with Crippen LogP contribution in [0.25, 0.3) is 27.7 Å². The normalized spacial score (nSPS) is 16.0. The topological polar surface area (TPSA) is 48.7 Å². The third kappa shape index (κ3) is 2.72. The highest BCUT2D eigenvalue weighted by molar-refractivity contribution is 5.90. The molecule has 1 aliphatic rings. The average molecular weight is 360 g/mol. The number of aromatic nitrogens is 3. The summed E-state index contributed by atoms with van der Waals surface area (Å²) in [6, 6.07) is 14.9. The number of pyridine rings is 2. The summed E-state index contributed by atoms with van der Waals surface area (Å²) in [5.74, 6) is 1.05. The molecule has 4 aromatic rings. The van der Waals surface area contributed by atoms with Crippen LogP contribution in [0.4, 0.5) is 5.82 Å². The van der Waals surface area contributed by atoms with Gasteiger partial charge in [0.2, 0.25) is 0 Å². The predicted molar refractivity (Wildman–Crippen MR) is 110 cm³/mol. The molecular formula is C21H24N6. The van der Waals surface area contributed by atoms with E-state index in [0.29, 0.717) is 0 Å². The van der Waals surface area contributed by atoms with Gasteiger partial charge in [-0.15, -0.1) is 0 Å². The van der Waals surface area contributed by atoms with Gasteiger partial charge in [0.1, 0.15) is 17.1 Å². The van der Waals surface area contributed by atoms with Crippen molar-refractivity contribution in [2.75, 3.05) is 45.2 Å². The molecule has 4 heterocycles. The highest BCUT2D eigenvalue weighted by Gasteiger charge is 2.18. The lowest BCUT2D eigenvalue weighted by Crippen LogP contribution is -2.44. The number of imidazole rings is 1. The monoisotopic (exact) mass is 360 g/mol. The number of nitrogens with one attached hydrogen (secondary N) is 1. The molecule has 0 radical (unpaired) electrons. The number of piperazine rings is 1. The molecule has 0 bridgehead atoms. The lowest BCUT2D eigenvalue weighted by atomic mass is 10.2. The number of likely N-dealkylation sites (N-methyl/N-ethyl adjacent to an activating group) is 1. The molecule has 0 amide bonds. The summed E-state index contributed by atoms with van der Waals surface area (Å²) < 4.78 is 2.22. The van der Waals surface area contributed by atoms with Gasteiger partial charge in [-0.3, -0.25) is 4.40 Å². The van der Waals surface area contributed by atoms with E-state index < -0.39 is 0 Å². The Hall–Kier alpha value is -2.70. The summed E-state index contributed by atoms with van der Waals surface area (Å²) in [5.41, 5.74) is 5.28. The molecule has 1 N–H and O–H groups in total. The van der Waals surface area contributed by atoms with E-state index >= 15 is 0 Å². The fourth-order valence-corrected chi connectivity index (χ4v) is 3.98. The molecular weight excluding hydrogens is 336 g/mol. The summed E-state index contributed by atoms with van der Waals surface area (Å²) in [5, 5.41) is 4.41. The Balaban J connectivity index is 1.76. The summed E-state index contributed by atoms with van der Waals surface area (Å²) in [7, 11) is 4.15. The lowest BCUT2D eigenvalue weighted by Gasteiger charge is -2.33. The molecule has 138 valence electrons. The molecule has 0 unspecified atom stereocenters. The maximum Gasteiger partial charge on any atom is 0.148 e. The summed E-state index contributed by atoms with van der Waals surface area (Å²) in [6.45, 7) is 4.96. The van der Waals surface area contributed by atoms with Crippen LogP contribution in [0.3, 0.4) is 0 Å². The van der Waals surface area contributed by atoms with Gasteiger partial charge in [0.05, 0.1) is 11.0 Å². The van der Waals surface area contributed by atoms with Gasteiger partial charge in [0, 0.05) is 43.7 Å². The van der Waals surface area contributed by atoms with Crippen LogP contribution in [0, 0.1) is 0 Å². The van der Waals surface area contributed by atoms with Crippen LogP contribution in [0.15, 0.2) is 42.5 Å². The maximum absolute atomic E-state index is 5.09. The minimum absolute atomic E-state index is 0.781. The fourth-order valence-electron chi connectivity index (χ4n) is 3.98. The molecule has 6 heteroatoms. The molecule has 1 fully saturated rings. The van der Waals surface area contributed by atoms with E-state index in [1.54, 1.807) is 0 Å². The fraction of sp³-hybridized carbons (Fsp3) is 0.333. The van der Waals surface area contributed by atoms with Crippen molar-refractivity contribution in [3.8, 4) is 0 Å². The summed E-state index contributed by atoms with van der Waals surface area (Å²) in [4.78, 5) is 14.7. The largest absolute Gasteiger partial charge is 0.354 e. The number of fused-ring (bicyclic) bond motifs is 5. The SMILES string of the molecule is CNCc1cc2ccc(N3CCN(C)CC3)nc2n2c1nc1ccccc12. The Labute approximate surface area is 158 Å². The van der Waals surface area contributed by atoms with E-state index in [1.807, 2.05) is 13.1 Å². The summed E-state index contributed by atoms with van der Waals surface area (Å²) in [6.07, 6.45) is 0. The third-order valence-corrected chi connectivity index (χ3v) is 5.47. The Morgan fingerprint density at radius 1 is 0.963 bits per heavy atom. The molecule has 0 saturated carbocycles. The van der Waals surface area contributed by atoms with Gasteiger partial charge in [0.15, 0.2) is 0 Å². The molecule has 6 nitrogen and oxygen atoms in total. The Kier molecular flexibility index (Phi) is 3.95. The zero-order valence-corrected chi connectivity index (χ0v) is 15.8. The molecule has 1 aromatic carbocycles. The van der Waals surface area contributed by atoms with Crippen LogP contribution in [0.2, 0.25) is 0 Å². The minimum Gasteiger partial charge on any atom is -0.354 e. The highest BCUT2D eigenvalue weighted by Crippen LogP contribution is 2.27. The van der Waals surface area contributed by atoms with E-state index in [-0.39, 0.29) is 0 Å². The van der Waals surface area contributed by atoms with Crippen molar-refractivity contribution in [3.63, 3.8) is 0 Å². The second kappa shape index (κ2) is 6.48. The quantitative estimate of drug-likeness (QED) is 0.608. The van der Waals surface area contributed by atoms with Gasteiger partial charge >= 0.3 is 0 Å². The van der Waals surface area contributed by atoms with Crippen molar-refractivity contribution in [2.24, 2.45) is 0 Å². The molecule has 1 aliphatic heterocycles. The second-order valence-electron chi connectivity index (χ2n) is 7.33. The van der Waals surface area contributed by atoms with Crippen LogP contribution in [-0.4, -0.2) is 59.5 Å². The number of anilines is 1. The highest BCUT2D eigenvalue weighted by atomic mass is 15.3. The number of benzene rings is 1. The van der Waals surface area contributed by atoms with Crippen LogP contribution in [0.5, 0.6) is 0 Å². The van der Waals surface area contributed by atoms with Gasteiger partial charge in [0.25, 0.3) is 0 Å². The molecule has 1 saturated heterocycles. The number of nitrogens with zero attached hydrogens (tertiary/aromatic N) is 5. The van der Waals surface area contributed by atoms with Gasteiger partial charge in [-0.25, -0.2) is 9.97 Å². The van der Waals surface area contributed by atoms with Crippen molar-refractivity contribution in [3.05, 3.63) is 48.0 Å². The number of para-hydroxylation sites is 2. The van der Waals surface area contributed by atoms with E-state index in [0.717, 1.165) is 66.3 Å². The van der Waals surface area contributed by atoms with E-state index in [2.05, 4.69) is 63.0 Å². The first-order valence-corrected chi connectivity index (χ1v) is 9.52. The smallest absolute Gasteiger partial charge is 0.148 e. The van der Waals surface area contributed by atoms with Crippen LogP contribution >= 0.6 is 0 Å². The van der Waals surface area contributed by atoms with Crippen molar-refractivity contribution < 1.29 is 0 Å². The van der Waals surface area contributed by atoms with E-state index in [4.69, 9.17) is 9.97 Å². The van der Waals surface area contributed by atoms with Crippen molar-refractivity contribution in [2.45, 2.75) is 6.54 Å². The molecule has 5 rings (SSSR count). The van der Waals surface area contributed by atoms with Gasteiger partial charge in [-0.2, -0.15) is 0 Å². The molecule has 3 aromatic heterocycles. The minimum atomic E-state index is 0.781. The first-order valence-electron chi connectivity index (χ1n) is 9.52. The average Bonchev–Trinajstić information content (AvgIpc) is 3.09. The van der Waals surface area contributed by atoms with Gasteiger partial charge in [-0.1, -0.05) is 12.1 Å². The van der Waals surface area contributed by atoms with E-state index in [9.17, 15) is 0 Å². The first-order chi connectivity index (χ1) is 13.2. The standard InChI is InChI=1S/C21H24N6/c1-22-14-16-13-15-7-8-19(26-11-9-25(2)10-12-26)24-20(15)27-18-6-4-3-5-17(18)23-21(16)27/h3-8,13,22H,9-12,14H2,1-2H3. The second-order valence-corrected chi connectivity index (χ2v) is 7.33. The first kappa shape index (κ1) is 16.5. The van der Waals surface area contributed by atoms with Gasteiger partial charge in [-0.05, 0) is 44.4 Å². The number of hydrogen-bond acceptors (Lipinski definition) is 5. The molecule has 27 heavy (non-hydrogen) atoms. The molecule has 0 atom stereocenters. The van der Waals surface area contributed by atoms with Crippen LogP contribution in [-0.2, 0) is 6.54 Å². The number of rotatable bonds is 3. The molecule has 0 aliphatic carbocycles. The number of hydrogen-bond donors (Lipinski definition) is 1. The third-order valence-electron chi connectivity index (χ3n) is 5.47. The Morgan fingerprint density at radius 2 is 1.78 bits per heavy atom. The van der Waals surface area contributed by atoms with Crippen molar-refractivity contribution in [1.82, 2.24) is 24.6 Å². The lowest BCUT2D eigenvalue weighted by molar-refractivity contribution is 0.312. The molecule has 0 spiro atoms. The van der Waals surface area contributed by atoms with Gasteiger partial charge < -0.3 is 15.1 Å².